The van der Waals surface area contributed by atoms with Crippen LogP contribution in [0.15, 0.2) is 72.9 Å². The number of halogens is 1. The van der Waals surface area contributed by atoms with Crippen LogP contribution < -0.4 is 0 Å². The number of piperidine rings is 1. The van der Waals surface area contributed by atoms with E-state index in [1.165, 1.54) is 18.4 Å². The van der Waals surface area contributed by atoms with Gasteiger partial charge in [-0.25, -0.2) is 0 Å². The number of benzene rings is 2. The highest BCUT2D eigenvalue weighted by Crippen LogP contribution is 2.31. The number of hydrogen-bond acceptors (Lipinski definition) is 3. The smallest absolute Gasteiger partial charge is 0.180 e. The van der Waals surface area contributed by atoms with Gasteiger partial charge in [0, 0.05) is 11.8 Å². The molecule has 0 amide bonds. The molecule has 1 aliphatic rings. The monoisotopic (exact) mass is 402 g/mol. The van der Waals surface area contributed by atoms with Crippen LogP contribution in [0, 0.1) is 0 Å². The molecule has 2 aromatic heterocycles. The van der Waals surface area contributed by atoms with Crippen LogP contribution in [0.25, 0.3) is 16.8 Å². The summed E-state index contributed by atoms with van der Waals surface area (Å²) in [5, 5.41) is 9.49. The summed E-state index contributed by atoms with van der Waals surface area (Å²) in [4.78, 5) is 2.47. The number of fused-ring (bicyclic) bond motifs is 1. The summed E-state index contributed by atoms with van der Waals surface area (Å²) in [5.74, 6) is 1.60. The first-order valence-electron chi connectivity index (χ1n) is 10.1. The third-order valence-electron chi connectivity index (χ3n) is 5.90. The van der Waals surface area contributed by atoms with Crippen LogP contribution in [-0.2, 0) is 6.54 Å². The standard InChI is InChI=1S/C24H23ClN4/c25-23-21(20-9-5-2-6-10-20)13-16-29-22(26-27-24(23)29)17-28-14-11-19(12-15-28)18-7-3-1-4-8-18/h1-10,13,16,19H,11-12,14-15,17H2. The molecule has 4 aromatic rings. The predicted octanol–water partition coefficient (Wildman–Crippen LogP) is 5.43. The van der Waals surface area contributed by atoms with Crippen molar-refractivity contribution >= 4 is 17.2 Å². The van der Waals surface area contributed by atoms with Crippen molar-refractivity contribution in [3.63, 3.8) is 0 Å². The maximum Gasteiger partial charge on any atom is 0.180 e. The number of aromatic nitrogens is 3. The Morgan fingerprint density at radius 1 is 0.862 bits per heavy atom. The largest absolute Gasteiger partial charge is 0.296 e. The fourth-order valence-electron chi connectivity index (χ4n) is 4.27. The first-order valence-corrected chi connectivity index (χ1v) is 10.5. The quantitative estimate of drug-likeness (QED) is 0.456. The predicted molar refractivity (Wildman–Crippen MR) is 117 cm³/mol. The van der Waals surface area contributed by atoms with Crippen LogP contribution in [0.3, 0.4) is 0 Å². The molecule has 0 aliphatic carbocycles. The van der Waals surface area contributed by atoms with Crippen LogP contribution in [0.5, 0.6) is 0 Å². The van der Waals surface area contributed by atoms with Crippen molar-refractivity contribution in [1.29, 1.82) is 0 Å². The maximum absolute atomic E-state index is 6.68. The van der Waals surface area contributed by atoms with Crippen molar-refractivity contribution in [2.45, 2.75) is 25.3 Å². The zero-order chi connectivity index (χ0) is 19.6. The van der Waals surface area contributed by atoms with Crippen LogP contribution >= 0.6 is 11.6 Å². The Labute approximate surface area is 175 Å². The molecule has 0 spiro atoms. The van der Waals surface area contributed by atoms with Gasteiger partial charge in [-0.15, -0.1) is 10.2 Å². The minimum Gasteiger partial charge on any atom is -0.296 e. The Morgan fingerprint density at radius 2 is 1.55 bits per heavy atom. The van der Waals surface area contributed by atoms with Gasteiger partial charge in [-0.05, 0) is 49.0 Å². The highest BCUT2D eigenvalue weighted by Gasteiger charge is 2.22. The van der Waals surface area contributed by atoms with Crippen molar-refractivity contribution in [2.24, 2.45) is 0 Å². The Balaban J connectivity index is 1.32. The normalized spacial score (nSPS) is 15.8. The summed E-state index contributed by atoms with van der Waals surface area (Å²) in [6, 6.07) is 23.1. The van der Waals surface area contributed by atoms with Gasteiger partial charge in [-0.2, -0.15) is 0 Å². The molecule has 4 nitrogen and oxygen atoms in total. The highest BCUT2D eigenvalue weighted by molar-refractivity contribution is 6.36. The average molecular weight is 403 g/mol. The Bertz CT molecular complexity index is 1100. The molecular formula is C24H23ClN4. The van der Waals surface area contributed by atoms with Gasteiger partial charge < -0.3 is 0 Å². The summed E-state index contributed by atoms with van der Waals surface area (Å²) < 4.78 is 2.03. The van der Waals surface area contributed by atoms with E-state index in [2.05, 4.69) is 63.6 Å². The number of pyridine rings is 1. The van der Waals surface area contributed by atoms with Crippen LogP contribution in [-0.4, -0.2) is 32.6 Å². The topological polar surface area (TPSA) is 33.4 Å². The van der Waals surface area contributed by atoms with E-state index in [0.29, 0.717) is 10.9 Å². The fourth-order valence-corrected chi connectivity index (χ4v) is 4.57. The second kappa shape index (κ2) is 7.97. The van der Waals surface area contributed by atoms with E-state index in [0.717, 1.165) is 42.2 Å². The summed E-state index contributed by atoms with van der Waals surface area (Å²) in [6.07, 6.45) is 4.40. The molecule has 3 heterocycles. The number of nitrogens with zero attached hydrogens (tertiary/aromatic N) is 4. The molecule has 146 valence electrons. The molecule has 2 aromatic carbocycles. The van der Waals surface area contributed by atoms with Gasteiger partial charge in [-0.3, -0.25) is 9.30 Å². The van der Waals surface area contributed by atoms with Gasteiger partial charge in [0.15, 0.2) is 11.5 Å². The molecule has 0 unspecified atom stereocenters. The van der Waals surface area contributed by atoms with E-state index in [1.54, 1.807) is 0 Å². The van der Waals surface area contributed by atoms with E-state index in [4.69, 9.17) is 11.6 Å². The first-order chi connectivity index (χ1) is 14.3. The van der Waals surface area contributed by atoms with Crippen LogP contribution in [0.1, 0.15) is 30.1 Å². The molecule has 5 heteroatoms. The van der Waals surface area contributed by atoms with Gasteiger partial charge >= 0.3 is 0 Å². The summed E-state index contributed by atoms with van der Waals surface area (Å²) in [5.41, 5.74) is 4.26. The zero-order valence-electron chi connectivity index (χ0n) is 16.2. The van der Waals surface area contributed by atoms with E-state index in [-0.39, 0.29) is 0 Å². The van der Waals surface area contributed by atoms with E-state index in [9.17, 15) is 0 Å². The molecule has 0 saturated carbocycles. The van der Waals surface area contributed by atoms with E-state index >= 15 is 0 Å². The summed E-state index contributed by atoms with van der Waals surface area (Å²) >= 11 is 6.68. The Kier molecular flexibility index (Phi) is 5.04. The highest BCUT2D eigenvalue weighted by atomic mass is 35.5. The van der Waals surface area contributed by atoms with Gasteiger partial charge in [0.1, 0.15) is 0 Å². The molecule has 1 fully saturated rings. The molecule has 29 heavy (non-hydrogen) atoms. The second-order valence-electron chi connectivity index (χ2n) is 7.68. The fraction of sp³-hybridized carbons (Fsp3) is 0.250. The number of rotatable bonds is 4. The third kappa shape index (κ3) is 3.66. The van der Waals surface area contributed by atoms with Crippen LogP contribution in [0.4, 0.5) is 0 Å². The van der Waals surface area contributed by atoms with Gasteiger partial charge in [0.2, 0.25) is 0 Å². The maximum atomic E-state index is 6.68. The number of hydrogen-bond donors (Lipinski definition) is 0. The van der Waals surface area contributed by atoms with Gasteiger partial charge in [-0.1, -0.05) is 72.3 Å². The first kappa shape index (κ1) is 18.3. The lowest BCUT2D eigenvalue weighted by Crippen LogP contribution is -2.33. The molecule has 0 atom stereocenters. The second-order valence-corrected chi connectivity index (χ2v) is 8.06. The molecule has 0 radical (unpaired) electrons. The van der Waals surface area contributed by atoms with Crippen molar-refractivity contribution < 1.29 is 0 Å². The van der Waals surface area contributed by atoms with Crippen molar-refractivity contribution in [3.05, 3.63) is 89.3 Å². The minimum atomic E-state index is 0.653. The molecule has 0 bridgehead atoms. The minimum absolute atomic E-state index is 0.653. The summed E-state index contributed by atoms with van der Waals surface area (Å²) in [7, 11) is 0. The molecule has 1 saturated heterocycles. The summed E-state index contributed by atoms with van der Waals surface area (Å²) in [6.45, 7) is 2.94. The SMILES string of the molecule is Clc1c(-c2ccccc2)ccn2c(CN3CCC(c4ccccc4)CC3)nnc12. The lowest BCUT2D eigenvalue weighted by Gasteiger charge is -2.31. The van der Waals surface area contributed by atoms with Crippen molar-refractivity contribution in [3.8, 4) is 11.1 Å². The lowest BCUT2D eigenvalue weighted by atomic mass is 9.89. The third-order valence-corrected chi connectivity index (χ3v) is 6.27. The zero-order valence-corrected chi connectivity index (χ0v) is 17.0. The van der Waals surface area contributed by atoms with Crippen molar-refractivity contribution in [2.75, 3.05) is 13.1 Å². The van der Waals surface area contributed by atoms with E-state index in [1.807, 2.05) is 28.8 Å². The molecular weight excluding hydrogens is 380 g/mol. The van der Waals surface area contributed by atoms with Gasteiger partial charge in [0.05, 0.1) is 11.6 Å². The number of likely N-dealkylation sites (tertiary alicyclic amines) is 1. The van der Waals surface area contributed by atoms with Crippen molar-refractivity contribution in [1.82, 2.24) is 19.5 Å². The lowest BCUT2D eigenvalue weighted by molar-refractivity contribution is 0.199. The van der Waals surface area contributed by atoms with Gasteiger partial charge in [0.25, 0.3) is 0 Å². The van der Waals surface area contributed by atoms with E-state index < -0.39 is 0 Å². The molecule has 0 N–H and O–H groups in total. The molecule has 1 aliphatic heterocycles. The van der Waals surface area contributed by atoms with Crippen LogP contribution in [0.2, 0.25) is 5.02 Å². The molecule has 5 rings (SSSR count). The average Bonchev–Trinajstić information content (AvgIpc) is 3.19. The Hall–Kier alpha value is -2.69. The Morgan fingerprint density at radius 3 is 2.28 bits per heavy atom.